The third kappa shape index (κ3) is 3.86. The average Bonchev–Trinajstić information content (AvgIpc) is 2.70. The minimum absolute atomic E-state index is 0.106. The van der Waals surface area contributed by atoms with E-state index in [0.717, 1.165) is 11.1 Å². The fourth-order valence-electron chi connectivity index (χ4n) is 3.56. The lowest BCUT2D eigenvalue weighted by molar-refractivity contribution is -0.123. The van der Waals surface area contributed by atoms with Crippen molar-refractivity contribution in [3.8, 4) is 0 Å². The predicted octanol–water partition coefficient (Wildman–Crippen LogP) is 1.29. The highest BCUT2D eigenvalue weighted by Gasteiger charge is 2.35. The number of carbonyl (C=O) groups excluding carboxylic acids is 2. The monoisotopic (exact) mass is 397 g/mol. The van der Waals surface area contributed by atoms with Crippen LogP contribution in [0.3, 0.4) is 0 Å². The van der Waals surface area contributed by atoms with Crippen molar-refractivity contribution in [2.75, 3.05) is 41.8 Å². The van der Waals surface area contributed by atoms with E-state index in [9.17, 15) is 14.4 Å². The summed E-state index contributed by atoms with van der Waals surface area (Å²) in [5, 5.41) is 5.46. The Bertz CT molecular complexity index is 1030. The topological polar surface area (TPSA) is 116 Å². The molecule has 2 aromatic rings. The number of aromatic amines is 1. The van der Waals surface area contributed by atoms with Crippen molar-refractivity contribution in [3.05, 3.63) is 45.2 Å². The van der Waals surface area contributed by atoms with Crippen LogP contribution < -0.4 is 21.1 Å². The summed E-state index contributed by atoms with van der Waals surface area (Å²) in [6.45, 7) is 6.19. The third-order valence-corrected chi connectivity index (χ3v) is 5.34. The van der Waals surface area contributed by atoms with Crippen molar-refractivity contribution in [1.29, 1.82) is 0 Å². The second-order valence-corrected chi connectivity index (χ2v) is 7.34. The molecule has 2 aliphatic rings. The maximum absolute atomic E-state index is 12.9. The molecule has 2 aliphatic heterocycles. The van der Waals surface area contributed by atoms with Gasteiger partial charge in [-0.2, -0.15) is 4.98 Å². The van der Waals surface area contributed by atoms with Crippen LogP contribution in [0.15, 0.2) is 23.0 Å². The Kier molecular flexibility index (Phi) is 5.06. The lowest BCUT2D eigenvalue weighted by atomic mass is 9.92. The van der Waals surface area contributed by atoms with Gasteiger partial charge in [0.1, 0.15) is 5.82 Å². The van der Waals surface area contributed by atoms with Crippen LogP contribution in [-0.2, 0) is 14.3 Å². The molecule has 1 fully saturated rings. The summed E-state index contributed by atoms with van der Waals surface area (Å²) in [7, 11) is 0. The number of amides is 2. The number of hydrogen-bond acceptors (Lipinski definition) is 6. The number of aromatic nitrogens is 2. The highest BCUT2D eigenvalue weighted by Crippen LogP contribution is 2.30. The second kappa shape index (κ2) is 7.67. The maximum atomic E-state index is 12.9. The molecular weight excluding hydrogens is 374 g/mol. The highest BCUT2D eigenvalue weighted by atomic mass is 16.5. The molecule has 1 aromatic carbocycles. The first-order chi connectivity index (χ1) is 13.9. The van der Waals surface area contributed by atoms with E-state index >= 15 is 0 Å². The molecule has 4 rings (SSSR count). The Balaban J connectivity index is 1.64. The summed E-state index contributed by atoms with van der Waals surface area (Å²) in [6, 6.07) is 5.57. The van der Waals surface area contributed by atoms with Crippen molar-refractivity contribution in [2.24, 2.45) is 0 Å². The number of carbonyl (C=O) groups is 2. The number of ether oxygens (including phenoxy) is 1. The number of nitrogens with zero attached hydrogens (tertiary/aromatic N) is 2. The molecule has 0 saturated carbocycles. The number of hydrogen-bond donors (Lipinski definition) is 3. The van der Waals surface area contributed by atoms with Crippen molar-refractivity contribution in [1.82, 2.24) is 9.97 Å². The number of benzene rings is 1. The number of rotatable bonds is 3. The SMILES string of the molecule is Cc1ccc(NC(=O)[C@@H]2CC(=O)Nc3nc(N4CCOCC4)[nH]c(=O)c32)cc1C. The smallest absolute Gasteiger partial charge is 0.258 e. The zero-order valence-corrected chi connectivity index (χ0v) is 16.4. The molecule has 0 unspecified atom stereocenters. The highest BCUT2D eigenvalue weighted by molar-refractivity contribution is 6.04. The largest absolute Gasteiger partial charge is 0.378 e. The molecule has 3 N–H and O–H groups in total. The summed E-state index contributed by atoms with van der Waals surface area (Å²) in [6.07, 6.45) is -0.106. The summed E-state index contributed by atoms with van der Waals surface area (Å²) < 4.78 is 5.32. The van der Waals surface area contributed by atoms with Crippen LogP contribution in [0.25, 0.3) is 0 Å². The van der Waals surface area contributed by atoms with Gasteiger partial charge in [0.2, 0.25) is 17.8 Å². The Morgan fingerprint density at radius 3 is 2.69 bits per heavy atom. The van der Waals surface area contributed by atoms with Crippen molar-refractivity contribution in [3.63, 3.8) is 0 Å². The van der Waals surface area contributed by atoms with Crippen LogP contribution in [0.2, 0.25) is 0 Å². The van der Waals surface area contributed by atoms with Crippen molar-refractivity contribution < 1.29 is 14.3 Å². The van der Waals surface area contributed by atoms with Gasteiger partial charge in [0.15, 0.2) is 0 Å². The Morgan fingerprint density at radius 2 is 1.97 bits per heavy atom. The first-order valence-electron chi connectivity index (χ1n) is 9.57. The maximum Gasteiger partial charge on any atom is 0.258 e. The van der Waals surface area contributed by atoms with E-state index in [1.165, 1.54) is 0 Å². The summed E-state index contributed by atoms with van der Waals surface area (Å²) in [4.78, 5) is 47.0. The second-order valence-electron chi connectivity index (χ2n) is 7.34. The van der Waals surface area contributed by atoms with Gasteiger partial charge in [-0.05, 0) is 37.1 Å². The molecule has 29 heavy (non-hydrogen) atoms. The van der Waals surface area contributed by atoms with Gasteiger partial charge in [-0.15, -0.1) is 0 Å². The van der Waals surface area contributed by atoms with Crippen LogP contribution >= 0.6 is 0 Å². The van der Waals surface area contributed by atoms with Crippen molar-refractivity contribution >= 4 is 29.3 Å². The Labute approximate surface area is 167 Å². The third-order valence-electron chi connectivity index (χ3n) is 5.34. The lowest BCUT2D eigenvalue weighted by Gasteiger charge is -2.29. The van der Waals surface area contributed by atoms with E-state index in [1.54, 1.807) is 6.07 Å². The van der Waals surface area contributed by atoms with E-state index in [0.29, 0.717) is 37.9 Å². The van der Waals surface area contributed by atoms with E-state index < -0.39 is 17.4 Å². The minimum atomic E-state index is -0.907. The standard InChI is InChI=1S/C20H23N5O4/c1-11-3-4-13(9-12(11)2)21-18(27)14-10-15(26)22-17-16(14)19(28)24-20(23-17)25-5-7-29-8-6-25/h3-4,9,14H,5-8,10H2,1-2H3,(H,21,27)(H2,22,23,24,26,28)/t14-/m1/s1. The van der Waals surface area contributed by atoms with Crippen molar-refractivity contribution in [2.45, 2.75) is 26.2 Å². The minimum Gasteiger partial charge on any atom is -0.378 e. The lowest BCUT2D eigenvalue weighted by Crippen LogP contribution is -2.41. The molecule has 0 bridgehead atoms. The molecule has 2 amide bonds. The fourth-order valence-corrected chi connectivity index (χ4v) is 3.56. The number of anilines is 3. The molecular formula is C20H23N5O4. The molecule has 1 aromatic heterocycles. The van der Waals surface area contributed by atoms with Crippen LogP contribution in [0.4, 0.5) is 17.5 Å². The van der Waals surface area contributed by atoms with Gasteiger partial charge in [-0.3, -0.25) is 19.4 Å². The quantitative estimate of drug-likeness (QED) is 0.719. The van der Waals surface area contributed by atoms with Gasteiger partial charge in [-0.25, -0.2) is 0 Å². The van der Waals surface area contributed by atoms with Gasteiger partial charge in [-0.1, -0.05) is 6.07 Å². The van der Waals surface area contributed by atoms with E-state index in [-0.39, 0.29) is 23.7 Å². The van der Waals surface area contributed by atoms with E-state index in [2.05, 4.69) is 20.6 Å². The van der Waals surface area contributed by atoms with Gasteiger partial charge >= 0.3 is 0 Å². The molecule has 1 atom stereocenters. The van der Waals surface area contributed by atoms with Crippen LogP contribution in [0.1, 0.15) is 29.0 Å². The first kappa shape index (κ1) is 19.1. The molecule has 0 radical (unpaired) electrons. The van der Waals surface area contributed by atoms with Gasteiger partial charge in [0, 0.05) is 25.2 Å². The molecule has 152 valence electrons. The number of nitrogens with one attached hydrogen (secondary N) is 3. The zero-order chi connectivity index (χ0) is 20.5. The number of morpholine rings is 1. The molecule has 9 heteroatoms. The molecule has 3 heterocycles. The fraction of sp³-hybridized carbons (Fsp3) is 0.400. The van der Waals surface area contributed by atoms with E-state index in [4.69, 9.17) is 4.74 Å². The first-order valence-corrected chi connectivity index (χ1v) is 9.57. The molecule has 0 spiro atoms. The summed E-state index contributed by atoms with van der Waals surface area (Å²) in [5.41, 5.74) is 2.54. The van der Waals surface area contributed by atoms with Gasteiger partial charge < -0.3 is 20.3 Å². The average molecular weight is 397 g/mol. The van der Waals surface area contributed by atoms with Gasteiger partial charge in [0.25, 0.3) is 5.56 Å². The Hall–Kier alpha value is -3.20. The number of fused-ring (bicyclic) bond motifs is 1. The number of H-pyrrole nitrogens is 1. The molecule has 0 aliphatic carbocycles. The number of aryl methyl sites for hydroxylation is 2. The molecule has 9 nitrogen and oxygen atoms in total. The predicted molar refractivity (Wildman–Crippen MR) is 108 cm³/mol. The normalized spacial score (nSPS) is 18.8. The zero-order valence-electron chi connectivity index (χ0n) is 16.4. The van der Waals surface area contributed by atoms with Crippen LogP contribution in [0.5, 0.6) is 0 Å². The van der Waals surface area contributed by atoms with Crippen LogP contribution in [-0.4, -0.2) is 48.1 Å². The summed E-state index contributed by atoms with van der Waals surface area (Å²) in [5.74, 6) is -1.14. The van der Waals surface area contributed by atoms with E-state index in [1.807, 2.05) is 30.9 Å². The molecule has 1 saturated heterocycles. The summed E-state index contributed by atoms with van der Waals surface area (Å²) >= 11 is 0. The van der Waals surface area contributed by atoms with Gasteiger partial charge in [0.05, 0.1) is 24.7 Å². The van der Waals surface area contributed by atoms with Crippen LogP contribution in [0, 0.1) is 13.8 Å². The Morgan fingerprint density at radius 1 is 1.21 bits per heavy atom.